The fourth-order valence-electron chi connectivity index (χ4n) is 3.53. The van der Waals surface area contributed by atoms with E-state index in [2.05, 4.69) is 17.0 Å². The third-order valence-corrected chi connectivity index (χ3v) is 6.18. The second kappa shape index (κ2) is 7.11. The van der Waals surface area contributed by atoms with Gasteiger partial charge in [0.2, 0.25) is 15.9 Å². The fourth-order valence-corrected chi connectivity index (χ4v) is 4.44. The van der Waals surface area contributed by atoms with Crippen LogP contribution in [0.3, 0.4) is 0 Å². The first-order valence-corrected chi connectivity index (χ1v) is 10.3. The molecule has 0 aromatic heterocycles. The van der Waals surface area contributed by atoms with Crippen molar-refractivity contribution in [1.82, 2.24) is 9.21 Å². The van der Waals surface area contributed by atoms with Gasteiger partial charge in [0, 0.05) is 45.0 Å². The number of benzene rings is 1. The Labute approximate surface area is 144 Å². The average Bonchev–Trinajstić information content (AvgIpc) is 2.61. The summed E-state index contributed by atoms with van der Waals surface area (Å²) in [6.07, 6.45) is 2.76. The SMILES string of the molecule is CS(=O)(=O)N1CCCC(C(=O)N2CCN(c3ccccc3)CC2)C1. The maximum Gasteiger partial charge on any atom is 0.227 e. The second-order valence-electron chi connectivity index (χ2n) is 6.61. The van der Waals surface area contributed by atoms with Crippen molar-refractivity contribution in [2.45, 2.75) is 12.8 Å². The van der Waals surface area contributed by atoms with Crippen LogP contribution in [0.5, 0.6) is 0 Å². The first kappa shape index (κ1) is 17.2. The van der Waals surface area contributed by atoms with Crippen LogP contribution in [0, 0.1) is 5.92 Å². The number of anilines is 1. The van der Waals surface area contributed by atoms with Crippen molar-refractivity contribution < 1.29 is 13.2 Å². The van der Waals surface area contributed by atoms with Gasteiger partial charge < -0.3 is 9.80 Å². The van der Waals surface area contributed by atoms with E-state index in [0.29, 0.717) is 26.2 Å². The monoisotopic (exact) mass is 351 g/mol. The molecule has 0 bridgehead atoms. The third kappa shape index (κ3) is 3.89. The molecule has 2 aliphatic heterocycles. The summed E-state index contributed by atoms with van der Waals surface area (Å²) in [4.78, 5) is 16.9. The molecule has 132 valence electrons. The quantitative estimate of drug-likeness (QED) is 0.815. The van der Waals surface area contributed by atoms with E-state index in [1.165, 1.54) is 16.2 Å². The number of piperazine rings is 1. The molecule has 0 saturated carbocycles. The largest absolute Gasteiger partial charge is 0.368 e. The van der Waals surface area contributed by atoms with E-state index in [0.717, 1.165) is 25.9 Å². The molecule has 1 aromatic carbocycles. The van der Waals surface area contributed by atoms with Gasteiger partial charge >= 0.3 is 0 Å². The van der Waals surface area contributed by atoms with Crippen molar-refractivity contribution in [2.75, 3.05) is 50.4 Å². The zero-order valence-electron chi connectivity index (χ0n) is 14.1. The summed E-state index contributed by atoms with van der Waals surface area (Å²) in [5.74, 6) is -0.0900. The van der Waals surface area contributed by atoms with Gasteiger partial charge in [-0.3, -0.25) is 4.79 Å². The van der Waals surface area contributed by atoms with Crippen molar-refractivity contribution in [1.29, 1.82) is 0 Å². The third-order valence-electron chi connectivity index (χ3n) is 4.92. The number of piperidine rings is 1. The number of para-hydroxylation sites is 1. The zero-order chi connectivity index (χ0) is 17.2. The Hall–Kier alpha value is -1.60. The molecule has 0 radical (unpaired) electrons. The van der Waals surface area contributed by atoms with E-state index < -0.39 is 10.0 Å². The molecule has 1 aromatic rings. The van der Waals surface area contributed by atoms with E-state index >= 15 is 0 Å². The van der Waals surface area contributed by atoms with Crippen LogP contribution in [-0.4, -0.2) is 69.1 Å². The molecule has 7 heteroatoms. The number of amides is 1. The Kier molecular flexibility index (Phi) is 5.10. The summed E-state index contributed by atoms with van der Waals surface area (Å²) in [5.41, 5.74) is 1.19. The predicted molar refractivity (Wildman–Crippen MR) is 94.4 cm³/mol. The summed E-state index contributed by atoms with van der Waals surface area (Å²) >= 11 is 0. The lowest BCUT2D eigenvalue weighted by molar-refractivity contribution is -0.137. The average molecular weight is 351 g/mol. The topological polar surface area (TPSA) is 60.9 Å². The number of carbonyl (C=O) groups excluding carboxylic acids is 1. The number of carbonyl (C=O) groups is 1. The van der Waals surface area contributed by atoms with Crippen molar-refractivity contribution in [3.8, 4) is 0 Å². The fraction of sp³-hybridized carbons (Fsp3) is 0.588. The molecule has 2 aliphatic rings. The van der Waals surface area contributed by atoms with E-state index in [4.69, 9.17) is 0 Å². The van der Waals surface area contributed by atoms with Gasteiger partial charge in [-0.05, 0) is 25.0 Å². The normalized spacial score (nSPS) is 23.3. The molecule has 6 nitrogen and oxygen atoms in total. The molecule has 2 heterocycles. The van der Waals surface area contributed by atoms with E-state index in [-0.39, 0.29) is 11.8 Å². The molecule has 2 fully saturated rings. The Bertz CT molecular complexity index is 670. The summed E-state index contributed by atoms with van der Waals surface area (Å²) in [5, 5.41) is 0. The lowest BCUT2D eigenvalue weighted by Crippen LogP contribution is -2.53. The molecule has 1 amide bonds. The van der Waals surface area contributed by atoms with Crippen molar-refractivity contribution >= 4 is 21.6 Å². The van der Waals surface area contributed by atoms with E-state index in [9.17, 15) is 13.2 Å². The summed E-state index contributed by atoms with van der Waals surface area (Å²) < 4.78 is 24.9. The van der Waals surface area contributed by atoms with Gasteiger partial charge in [0.15, 0.2) is 0 Å². The van der Waals surface area contributed by atoms with Gasteiger partial charge in [-0.15, -0.1) is 0 Å². The molecule has 0 spiro atoms. The number of hydrogen-bond acceptors (Lipinski definition) is 4. The van der Waals surface area contributed by atoms with E-state index in [1.807, 2.05) is 23.1 Å². The minimum absolute atomic E-state index is 0.107. The lowest BCUT2D eigenvalue weighted by Gasteiger charge is -2.39. The predicted octanol–water partition coefficient (Wildman–Crippen LogP) is 1.01. The maximum atomic E-state index is 12.8. The van der Waals surface area contributed by atoms with Gasteiger partial charge in [-0.1, -0.05) is 18.2 Å². The van der Waals surface area contributed by atoms with E-state index in [1.54, 1.807) is 0 Å². The van der Waals surface area contributed by atoms with Crippen LogP contribution >= 0.6 is 0 Å². The number of sulfonamides is 1. The highest BCUT2D eigenvalue weighted by Gasteiger charge is 2.33. The zero-order valence-corrected chi connectivity index (χ0v) is 14.9. The van der Waals surface area contributed by atoms with Crippen LogP contribution in [0.4, 0.5) is 5.69 Å². The lowest BCUT2D eigenvalue weighted by atomic mass is 9.97. The van der Waals surface area contributed by atoms with Gasteiger partial charge in [0.25, 0.3) is 0 Å². The maximum absolute atomic E-state index is 12.8. The van der Waals surface area contributed by atoms with Crippen LogP contribution in [0.15, 0.2) is 30.3 Å². The Morgan fingerprint density at radius 1 is 1.04 bits per heavy atom. The molecule has 3 rings (SSSR count). The van der Waals surface area contributed by atoms with Crippen LogP contribution in [0.1, 0.15) is 12.8 Å². The standard InChI is InChI=1S/C17H25N3O3S/c1-24(22,23)20-9-5-6-15(14-20)17(21)19-12-10-18(11-13-19)16-7-3-2-4-8-16/h2-4,7-8,15H,5-6,9-14H2,1H3. The Balaban J connectivity index is 1.57. The van der Waals surface area contributed by atoms with Crippen molar-refractivity contribution in [2.24, 2.45) is 5.92 Å². The minimum atomic E-state index is -3.21. The van der Waals surface area contributed by atoms with Crippen molar-refractivity contribution in [3.05, 3.63) is 30.3 Å². The molecule has 0 N–H and O–H groups in total. The highest BCUT2D eigenvalue weighted by molar-refractivity contribution is 7.88. The minimum Gasteiger partial charge on any atom is -0.368 e. The summed E-state index contributed by atoms with van der Waals surface area (Å²) in [6, 6.07) is 10.2. The summed E-state index contributed by atoms with van der Waals surface area (Å²) in [7, 11) is -3.21. The van der Waals surface area contributed by atoms with Crippen LogP contribution in [0.2, 0.25) is 0 Å². The number of rotatable bonds is 3. The van der Waals surface area contributed by atoms with Gasteiger partial charge in [0.05, 0.1) is 12.2 Å². The summed E-state index contributed by atoms with van der Waals surface area (Å²) in [6.45, 7) is 3.89. The van der Waals surface area contributed by atoms with Gasteiger partial charge in [0.1, 0.15) is 0 Å². The molecular formula is C17H25N3O3S. The number of hydrogen-bond donors (Lipinski definition) is 0. The first-order chi connectivity index (χ1) is 11.4. The molecule has 1 atom stereocenters. The molecule has 1 unspecified atom stereocenters. The Morgan fingerprint density at radius 2 is 1.71 bits per heavy atom. The molecule has 2 saturated heterocycles. The Morgan fingerprint density at radius 3 is 2.33 bits per heavy atom. The van der Waals surface area contributed by atoms with Crippen LogP contribution in [-0.2, 0) is 14.8 Å². The molecule has 0 aliphatic carbocycles. The second-order valence-corrected chi connectivity index (χ2v) is 8.59. The van der Waals surface area contributed by atoms with Crippen LogP contribution in [0.25, 0.3) is 0 Å². The highest BCUT2D eigenvalue weighted by atomic mass is 32.2. The van der Waals surface area contributed by atoms with Crippen LogP contribution < -0.4 is 4.90 Å². The van der Waals surface area contributed by atoms with Gasteiger partial charge in [-0.2, -0.15) is 0 Å². The number of nitrogens with zero attached hydrogens (tertiary/aromatic N) is 3. The first-order valence-electron chi connectivity index (χ1n) is 8.49. The molecular weight excluding hydrogens is 326 g/mol. The van der Waals surface area contributed by atoms with Gasteiger partial charge in [-0.25, -0.2) is 12.7 Å². The van der Waals surface area contributed by atoms with Crippen molar-refractivity contribution in [3.63, 3.8) is 0 Å². The molecule has 24 heavy (non-hydrogen) atoms. The smallest absolute Gasteiger partial charge is 0.227 e. The highest BCUT2D eigenvalue weighted by Crippen LogP contribution is 2.22.